The molecule has 0 saturated carbocycles. The van der Waals surface area contributed by atoms with Crippen LogP contribution in [-0.4, -0.2) is 30.4 Å². The van der Waals surface area contributed by atoms with Crippen LogP contribution in [0, 0.1) is 0 Å². The highest BCUT2D eigenvalue weighted by Crippen LogP contribution is 2.14. The maximum Gasteiger partial charge on any atom is 0.411 e. The number of aliphatic hydroxyl groups excluding tert-OH is 1. The van der Waals surface area contributed by atoms with E-state index >= 15 is 0 Å². The van der Waals surface area contributed by atoms with Gasteiger partial charge in [-0.2, -0.15) is 0 Å². The molecule has 0 aliphatic rings. The van der Waals surface area contributed by atoms with Crippen LogP contribution in [0.1, 0.15) is 0 Å². The van der Waals surface area contributed by atoms with Crippen molar-refractivity contribution < 1.29 is 19.4 Å². The van der Waals surface area contributed by atoms with Gasteiger partial charge in [0.25, 0.3) is 0 Å². The Hall–Kier alpha value is -2.28. The van der Waals surface area contributed by atoms with Crippen LogP contribution in [0.4, 0.5) is 21.0 Å². The third-order valence-corrected chi connectivity index (χ3v) is 1.70. The zero-order chi connectivity index (χ0) is 12.7. The summed E-state index contributed by atoms with van der Waals surface area (Å²) in [5.41, 5.74) is 5.85. The predicted molar refractivity (Wildman–Crippen MR) is 61.7 cm³/mol. The summed E-state index contributed by atoms with van der Waals surface area (Å²) in [6, 6.07) is 5.70. The predicted octanol–water partition coefficient (Wildman–Crippen LogP) is 0.718. The molecule has 17 heavy (non-hydrogen) atoms. The summed E-state index contributed by atoms with van der Waals surface area (Å²) in [5, 5.41) is 13.3. The Morgan fingerprint density at radius 3 is 2.53 bits per heavy atom. The fraction of sp³-hybridized carbons (Fsp3) is 0.200. The number of hydrogen-bond donors (Lipinski definition) is 4. The summed E-state index contributed by atoms with van der Waals surface area (Å²) < 4.78 is 4.60. The molecule has 92 valence electrons. The molecule has 3 amide bonds. The van der Waals surface area contributed by atoms with Gasteiger partial charge in [0.1, 0.15) is 6.61 Å². The lowest BCUT2D eigenvalue weighted by Crippen LogP contribution is -2.19. The summed E-state index contributed by atoms with van der Waals surface area (Å²) in [5.74, 6) is 0. The second-order valence-corrected chi connectivity index (χ2v) is 3.05. The quantitative estimate of drug-likeness (QED) is 0.619. The molecule has 0 aliphatic heterocycles. The van der Waals surface area contributed by atoms with Crippen LogP contribution < -0.4 is 16.4 Å². The maximum atomic E-state index is 11.1. The van der Waals surface area contributed by atoms with Crippen molar-refractivity contribution in [3.05, 3.63) is 24.3 Å². The summed E-state index contributed by atoms with van der Waals surface area (Å²) in [4.78, 5) is 21.8. The van der Waals surface area contributed by atoms with E-state index in [0.29, 0.717) is 11.4 Å². The second-order valence-electron chi connectivity index (χ2n) is 3.05. The van der Waals surface area contributed by atoms with Crippen molar-refractivity contribution >= 4 is 23.5 Å². The Balaban J connectivity index is 2.59. The van der Waals surface area contributed by atoms with Gasteiger partial charge >= 0.3 is 12.1 Å². The molecule has 1 aromatic rings. The first kappa shape index (κ1) is 12.8. The average molecular weight is 239 g/mol. The minimum Gasteiger partial charge on any atom is -0.447 e. The van der Waals surface area contributed by atoms with Gasteiger partial charge in [0.05, 0.1) is 6.61 Å². The van der Waals surface area contributed by atoms with Crippen molar-refractivity contribution in [2.45, 2.75) is 0 Å². The Bertz CT molecular complexity index is 408. The first-order valence-corrected chi connectivity index (χ1v) is 4.83. The summed E-state index contributed by atoms with van der Waals surface area (Å²) in [7, 11) is 0. The van der Waals surface area contributed by atoms with Crippen LogP contribution >= 0.6 is 0 Å². The number of carbonyl (C=O) groups is 2. The third-order valence-electron chi connectivity index (χ3n) is 1.70. The molecule has 5 N–H and O–H groups in total. The highest BCUT2D eigenvalue weighted by Gasteiger charge is 2.03. The van der Waals surface area contributed by atoms with E-state index in [9.17, 15) is 9.59 Å². The zero-order valence-electron chi connectivity index (χ0n) is 8.97. The first-order valence-electron chi connectivity index (χ1n) is 4.83. The van der Waals surface area contributed by atoms with Gasteiger partial charge < -0.3 is 20.9 Å². The minimum absolute atomic E-state index is 0.0783. The number of carbonyl (C=O) groups excluding carboxylic acids is 2. The summed E-state index contributed by atoms with van der Waals surface area (Å²) in [6.45, 7) is -0.318. The molecule has 0 aliphatic carbocycles. The molecule has 0 bridgehead atoms. The Morgan fingerprint density at radius 1 is 1.29 bits per heavy atom. The van der Waals surface area contributed by atoms with Crippen molar-refractivity contribution in [3.63, 3.8) is 0 Å². The number of rotatable bonds is 4. The Labute approximate surface area is 97.6 Å². The molecule has 0 atom stereocenters. The fourth-order valence-corrected chi connectivity index (χ4v) is 1.11. The van der Waals surface area contributed by atoms with E-state index in [4.69, 9.17) is 10.8 Å². The second kappa shape index (κ2) is 6.33. The number of primary amides is 1. The number of aliphatic hydroxyl groups is 1. The molecule has 0 saturated heterocycles. The lowest BCUT2D eigenvalue weighted by atomic mass is 10.3. The minimum atomic E-state index is -0.690. The van der Waals surface area contributed by atoms with Gasteiger partial charge in [0.15, 0.2) is 0 Å². The molecule has 0 aromatic heterocycles. The third kappa shape index (κ3) is 4.85. The first-order chi connectivity index (χ1) is 8.11. The smallest absolute Gasteiger partial charge is 0.411 e. The van der Waals surface area contributed by atoms with E-state index in [1.54, 1.807) is 18.2 Å². The number of amides is 3. The van der Waals surface area contributed by atoms with E-state index in [0.717, 1.165) is 0 Å². The molecular weight excluding hydrogens is 226 g/mol. The van der Waals surface area contributed by atoms with Crippen LogP contribution in [0.5, 0.6) is 0 Å². The molecular formula is C10H13N3O4. The summed E-state index contributed by atoms with van der Waals surface area (Å²) >= 11 is 0. The molecule has 0 radical (unpaired) electrons. The van der Waals surface area contributed by atoms with Gasteiger partial charge in [-0.3, -0.25) is 5.32 Å². The number of benzene rings is 1. The van der Waals surface area contributed by atoms with Crippen molar-refractivity contribution in [1.82, 2.24) is 0 Å². The molecule has 0 spiro atoms. The lowest BCUT2D eigenvalue weighted by molar-refractivity contribution is 0.131. The monoisotopic (exact) mass is 239 g/mol. The van der Waals surface area contributed by atoms with Crippen LogP contribution in [-0.2, 0) is 4.74 Å². The van der Waals surface area contributed by atoms with E-state index in [-0.39, 0.29) is 13.2 Å². The van der Waals surface area contributed by atoms with Crippen molar-refractivity contribution in [1.29, 1.82) is 0 Å². The SMILES string of the molecule is NC(=O)Nc1cccc(NC(=O)OCCO)c1. The number of nitrogens with one attached hydrogen (secondary N) is 2. The van der Waals surface area contributed by atoms with E-state index in [1.807, 2.05) is 0 Å². The largest absolute Gasteiger partial charge is 0.447 e. The highest BCUT2D eigenvalue weighted by atomic mass is 16.6. The van der Waals surface area contributed by atoms with Crippen LogP contribution in [0.3, 0.4) is 0 Å². The van der Waals surface area contributed by atoms with Crippen LogP contribution in [0.2, 0.25) is 0 Å². The number of urea groups is 1. The standard InChI is InChI=1S/C10H13N3O4/c11-9(15)12-7-2-1-3-8(6-7)13-10(16)17-5-4-14/h1-3,6,14H,4-5H2,(H,13,16)(H3,11,12,15). The van der Waals surface area contributed by atoms with Crippen molar-refractivity contribution in [3.8, 4) is 0 Å². The van der Waals surface area contributed by atoms with Gasteiger partial charge in [-0.1, -0.05) is 6.07 Å². The average Bonchev–Trinajstić information content (AvgIpc) is 2.26. The van der Waals surface area contributed by atoms with Gasteiger partial charge in [0.2, 0.25) is 0 Å². The van der Waals surface area contributed by atoms with E-state index < -0.39 is 12.1 Å². The van der Waals surface area contributed by atoms with Gasteiger partial charge in [0, 0.05) is 11.4 Å². The fourth-order valence-electron chi connectivity index (χ4n) is 1.11. The lowest BCUT2D eigenvalue weighted by Gasteiger charge is -2.07. The molecule has 0 unspecified atom stereocenters. The van der Waals surface area contributed by atoms with Crippen molar-refractivity contribution in [2.24, 2.45) is 5.73 Å². The molecule has 7 heteroatoms. The molecule has 7 nitrogen and oxygen atoms in total. The molecule has 1 aromatic carbocycles. The highest BCUT2D eigenvalue weighted by molar-refractivity contribution is 5.90. The van der Waals surface area contributed by atoms with Gasteiger partial charge in [-0.15, -0.1) is 0 Å². The number of ether oxygens (including phenoxy) is 1. The molecule has 0 fully saturated rings. The summed E-state index contributed by atoms with van der Waals surface area (Å²) in [6.07, 6.45) is -0.685. The Morgan fingerprint density at radius 2 is 1.94 bits per heavy atom. The number of anilines is 2. The maximum absolute atomic E-state index is 11.1. The zero-order valence-corrected chi connectivity index (χ0v) is 8.97. The van der Waals surface area contributed by atoms with Crippen LogP contribution in [0.15, 0.2) is 24.3 Å². The topological polar surface area (TPSA) is 114 Å². The van der Waals surface area contributed by atoms with Gasteiger partial charge in [-0.25, -0.2) is 9.59 Å². The molecule has 0 heterocycles. The van der Waals surface area contributed by atoms with Crippen molar-refractivity contribution in [2.75, 3.05) is 23.8 Å². The van der Waals surface area contributed by atoms with Gasteiger partial charge in [-0.05, 0) is 18.2 Å². The normalized spacial score (nSPS) is 9.47. The number of nitrogens with two attached hydrogens (primary N) is 1. The van der Waals surface area contributed by atoms with Crippen LogP contribution in [0.25, 0.3) is 0 Å². The molecule has 1 rings (SSSR count). The Kier molecular flexibility index (Phi) is 4.77. The van der Waals surface area contributed by atoms with E-state index in [1.165, 1.54) is 6.07 Å². The number of hydrogen-bond acceptors (Lipinski definition) is 4. The van der Waals surface area contributed by atoms with E-state index in [2.05, 4.69) is 15.4 Å².